The molecule has 11 heteroatoms. The first-order valence-corrected chi connectivity index (χ1v) is 10.5. The largest absolute Gasteiger partial charge is 0.444 e. The zero-order valence-corrected chi connectivity index (χ0v) is 17.7. The van der Waals surface area contributed by atoms with Crippen molar-refractivity contribution in [2.75, 3.05) is 19.6 Å². The summed E-state index contributed by atoms with van der Waals surface area (Å²) in [4.78, 5) is 23.7. The number of alkyl carbamates (subject to hydrolysis) is 1. The molecular weight excluding hydrogens is 388 g/mol. The number of aryl methyl sites for hydroxylation is 2. The molecule has 1 fully saturated rings. The monoisotopic (exact) mass is 416 g/mol. The minimum absolute atomic E-state index is 0.108. The number of piperidine rings is 1. The van der Waals surface area contributed by atoms with E-state index in [2.05, 4.69) is 15.8 Å². The maximum absolute atomic E-state index is 12.8. The number of carbonyl (C=O) groups is 2. The van der Waals surface area contributed by atoms with Crippen LogP contribution in [0.15, 0.2) is 9.42 Å². The van der Waals surface area contributed by atoms with Gasteiger partial charge in [0.1, 0.15) is 22.7 Å². The third-order valence-electron chi connectivity index (χ3n) is 4.18. The lowest BCUT2D eigenvalue weighted by Gasteiger charge is -2.31. The third kappa shape index (κ3) is 5.68. The second-order valence-electron chi connectivity index (χ2n) is 7.75. The number of carbonyl (C=O) groups excluding carboxylic acids is 2. The van der Waals surface area contributed by atoms with Crippen molar-refractivity contribution in [1.82, 2.24) is 20.1 Å². The lowest BCUT2D eigenvalue weighted by molar-refractivity contribution is -0.121. The van der Waals surface area contributed by atoms with Crippen LogP contribution < -0.4 is 10.6 Å². The van der Waals surface area contributed by atoms with E-state index in [1.165, 1.54) is 4.31 Å². The third-order valence-corrected chi connectivity index (χ3v) is 6.32. The first kappa shape index (κ1) is 22.2. The average molecular weight is 417 g/mol. The van der Waals surface area contributed by atoms with E-state index in [4.69, 9.17) is 9.26 Å². The highest BCUT2D eigenvalue weighted by Crippen LogP contribution is 2.25. The number of hydrogen-bond donors (Lipinski definition) is 2. The molecule has 0 aromatic carbocycles. The van der Waals surface area contributed by atoms with Gasteiger partial charge in [0.05, 0.1) is 0 Å². The van der Waals surface area contributed by atoms with Crippen LogP contribution in [-0.4, -0.2) is 61.2 Å². The first-order valence-electron chi connectivity index (χ1n) is 9.09. The Morgan fingerprint density at radius 2 is 1.86 bits per heavy atom. The summed E-state index contributed by atoms with van der Waals surface area (Å²) in [6, 6.07) is -0.163. The predicted octanol–water partition coefficient (Wildman–Crippen LogP) is 1.09. The Kier molecular flexibility index (Phi) is 6.71. The molecule has 1 saturated heterocycles. The van der Waals surface area contributed by atoms with Crippen LogP contribution in [0.25, 0.3) is 0 Å². The lowest BCUT2D eigenvalue weighted by atomic mass is 10.1. The summed E-state index contributed by atoms with van der Waals surface area (Å²) in [6.45, 7) is 8.71. The SMILES string of the molecule is Cc1noc(C)c1S(=O)(=O)N1CCC(NC(=O)CNC(=O)OC(C)(C)C)CC1. The summed E-state index contributed by atoms with van der Waals surface area (Å²) in [5.41, 5.74) is -0.304. The Hall–Kier alpha value is -2.14. The molecule has 0 radical (unpaired) electrons. The molecule has 0 bridgehead atoms. The van der Waals surface area contributed by atoms with Crippen molar-refractivity contribution in [1.29, 1.82) is 0 Å². The van der Waals surface area contributed by atoms with Gasteiger partial charge in [0.2, 0.25) is 15.9 Å². The Morgan fingerprint density at radius 1 is 1.25 bits per heavy atom. The second kappa shape index (κ2) is 8.48. The first-order chi connectivity index (χ1) is 12.9. The van der Waals surface area contributed by atoms with Gasteiger partial charge in [-0.2, -0.15) is 4.31 Å². The zero-order chi connectivity index (χ0) is 21.1. The zero-order valence-electron chi connectivity index (χ0n) is 16.9. The molecule has 0 unspecified atom stereocenters. The van der Waals surface area contributed by atoms with E-state index in [0.717, 1.165) is 0 Å². The van der Waals surface area contributed by atoms with Crippen molar-refractivity contribution in [3.8, 4) is 0 Å². The van der Waals surface area contributed by atoms with E-state index < -0.39 is 21.7 Å². The predicted molar refractivity (Wildman–Crippen MR) is 100 cm³/mol. The fourth-order valence-corrected chi connectivity index (χ4v) is 4.72. The summed E-state index contributed by atoms with van der Waals surface area (Å²) in [5, 5.41) is 8.91. The van der Waals surface area contributed by atoms with E-state index in [-0.39, 0.29) is 42.2 Å². The standard InChI is InChI=1S/C17H28N4O6S/c1-11-15(12(2)27-20-11)28(24,25)21-8-6-13(7-9-21)19-14(22)10-18-16(23)26-17(3,4)5/h13H,6-10H2,1-5H3,(H,18,23)(H,19,22). The number of hydrogen-bond acceptors (Lipinski definition) is 7. The molecule has 2 amide bonds. The van der Waals surface area contributed by atoms with Gasteiger partial charge in [-0.05, 0) is 47.5 Å². The highest BCUT2D eigenvalue weighted by atomic mass is 32.2. The Balaban J connectivity index is 1.82. The number of ether oxygens (including phenoxy) is 1. The van der Waals surface area contributed by atoms with Crippen LogP contribution in [0.1, 0.15) is 45.1 Å². The van der Waals surface area contributed by atoms with E-state index in [9.17, 15) is 18.0 Å². The number of nitrogens with one attached hydrogen (secondary N) is 2. The molecule has 0 aliphatic carbocycles. The molecule has 10 nitrogen and oxygen atoms in total. The molecule has 28 heavy (non-hydrogen) atoms. The Morgan fingerprint density at radius 3 is 2.36 bits per heavy atom. The van der Waals surface area contributed by atoms with E-state index >= 15 is 0 Å². The van der Waals surface area contributed by atoms with Crippen LogP contribution in [0.5, 0.6) is 0 Å². The quantitative estimate of drug-likeness (QED) is 0.734. The van der Waals surface area contributed by atoms with Crippen molar-refractivity contribution in [3.05, 3.63) is 11.5 Å². The maximum Gasteiger partial charge on any atom is 0.408 e. The minimum Gasteiger partial charge on any atom is -0.444 e. The normalized spacial score (nSPS) is 16.6. The van der Waals surface area contributed by atoms with Gasteiger partial charge in [-0.25, -0.2) is 13.2 Å². The topological polar surface area (TPSA) is 131 Å². The van der Waals surface area contributed by atoms with Crippen LogP contribution in [0.4, 0.5) is 4.79 Å². The smallest absolute Gasteiger partial charge is 0.408 e. The number of aromatic nitrogens is 1. The van der Waals surface area contributed by atoms with Crippen molar-refractivity contribution >= 4 is 22.0 Å². The van der Waals surface area contributed by atoms with Gasteiger partial charge in [-0.15, -0.1) is 0 Å². The molecule has 1 aliphatic heterocycles. The maximum atomic E-state index is 12.8. The summed E-state index contributed by atoms with van der Waals surface area (Å²) >= 11 is 0. The van der Waals surface area contributed by atoms with Crippen molar-refractivity contribution in [3.63, 3.8) is 0 Å². The van der Waals surface area contributed by atoms with Gasteiger partial charge in [0.15, 0.2) is 5.76 Å². The number of amides is 2. The molecule has 2 heterocycles. The van der Waals surface area contributed by atoms with E-state index in [1.54, 1.807) is 34.6 Å². The van der Waals surface area contributed by atoms with Crippen LogP contribution in [-0.2, 0) is 19.6 Å². The van der Waals surface area contributed by atoms with Crippen LogP contribution >= 0.6 is 0 Å². The molecule has 0 atom stereocenters. The number of nitrogens with zero attached hydrogens (tertiary/aromatic N) is 2. The molecule has 0 spiro atoms. The van der Waals surface area contributed by atoms with E-state index in [0.29, 0.717) is 18.5 Å². The van der Waals surface area contributed by atoms with Gasteiger partial charge in [-0.3, -0.25) is 4.79 Å². The van der Waals surface area contributed by atoms with Gasteiger partial charge in [0, 0.05) is 19.1 Å². The molecular formula is C17H28N4O6S. The lowest BCUT2D eigenvalue weighted by Crippen LogP contribution is -2.49. The van der Waals surface area contributed by atoms with Crippen LogP contribution in [0.3, 0.4) is 0 Å². The average Bonchev–Trinajstić information content (AvgIpc) is 2.91. The van der Waals surface area contributed by atoms with E-state index in [1.807, 2.05) is 0 Å². The fraction of sp³-hybridized carbons (Fsp3) is 0.706. The minimum atomic E-state index is -3.68. The van der Waals surface area contributed by atoms with Crippen molar-refractivity contribution in [2.45, 2.75) is 64.0 Å². The second-order valence-corrected chi connectivity index (χ2v) is 9.63. The summed E-state index contributed by atoms with van der Waals surface area (Å²) in [5.74, 6) is -0.0842. The van der Waals surface area contributed by atoms with Gasteiger partial charge in [0.25, 0.3) is 0 Å². The number of sulfonamides is 1. The molecule has 1 aliphatic rings. The highest BCUT2D eigenvalue weighted by Gasteiger charge is 2.34. The van der Waals surface area contributed by atoms with Gasteiger partial charge in [-0.1, -0.05) is 5.16 Å². The summed E-state index contributed by atoms with van der Waals surface area (Å²) in [6.07, 6.45) is 0.282. The Bertz CT molecular complexity index is 800. The van der Waals surface area contributed by atoms with Crippen molar-refractivity contribution < 1.29 is 27.3 Å². The van der Waals surface area contributed by atoms with Crippen molar-refractivity contribution in [2.24, 2.45) is 0 Å². The molecule has 1 aromatic heterocycles. The summed E-state index contributed by atoms with van der Waals surface area (Å²) in [7, 11) is -3.68. The molecule has 2 N–H and O–H groups in total. The van der Waals surface area contributed by atoms with Gasteiger partial charge < -0.3 is 19.9 Å². The van der Waals surface area contributed by atoms with Crippen LogP contribution in [0, 0.1) is 13.8 Å². The summed E-state index contributed by atoms with van der Waals surface area (Å²) < 4.78 is 37.0. The molecule has 0 saturated carbocycles. The fourth-order valence-electron chi connectivity index (χ4n) is 2.96. The van der Waals surface area contributed by atoms with Gasteiger partial charge >= 0.3 is 6.09 Å². The highest BCUT2D eigenvalue weighted by molar-refractivity contribution is 7.89. The molecule has 2 rings (SSSR count). The Labute approximate surface area is 165 Å². The number of rotatable bonds is 5. The molecule has 158 valence electrons. The molecule has 1 aromatic rings. The van der Waals surface area contributed by atoms with Crippen LogP contribution in [0.2, 0.25) is 0 Å².